The number of rotatable bonds is 6. The molecule has 110 valence electrons. The van der Waals surface area contributed by atoms with Gasteiger partial charge in [0.25, 0.3) is 0 Å². The highest BCUT2D eigenvalue weighted by atomic mass is 16.4. The van der Waals surface area contributed by atoms with Gasteiger partial charge in [-0.05, 0) is 31.7 Å². The highest BCUT2D eigenvalue weighted by Gasteiger charge is 2.21. The van der Waals surface area contributed by atoms with E-state index in [9.17, 15) is 4.79 Å². The van der Waals surface area contributed by atoms with Crippen molar-refractivity contribution < 1.29 is 9.90 Å². The minimum Gasteiger partial charge on any atom is -0.481 e. The fraction of sp³-hybridized carbons (Fsp3) is 0.933. The van der Waals surface area contributed by atoms with Crippen LogP contribution >= 0.6 is 0 Å². The van der Waals surface area contributed by atoms with E-state index in [1.807, 2.05) is 0 Å². The summed E-state index contributed by atoms with van der Waals surface area (Å²) in [7, 11) is 0. The Bertz CT molecular complexity index is 269. The fourth-order valence-electron chi connectivity index (χ4n) is 3.38. The zero-order valence-corrected chi connectivity index (χ0v) is 12.0. The van der Waals surface area contributed by atoms with Crippen molar-refractivity contribution in [3.63, 3.8) is 0 Å². The quantitative estimate of drug-likeness (QED) is 0.801. The molecule has 1 aliphatic carbocycles. The molecule has 19 heavy (non-hydrogen) atoms. The molecular formula is C15H28N2O2. The second kappa shape index (κ2) is 7.85. The summed E-state index contributed by atoms with van der Waals surface area (Å²) in [5, 5.41) is 8.64. The summed E-state index contributed by atoms with van der Waals surface area (Å²) in [5.41, 5.74) is 0. The first-order valence-corrected chi connectivity index (χ1v) is 7.90. The van der Waals surface area contributed by atoms with E-state index in [4.69, 9.17) is 5.11 Å². The molecular weight excluding hydrogens is 240 g/mol. The van der Waals surface area contributed by atoms with Crippen molar-refractivity contribution in [2.75, 3.05) is 39.3 Å². The molecule has 0 aromatic carbocycles. The third kappa shape index (κ3) is 5.49. The zero-order chi connectivity index (χ0) is 13.5. The highest BCUT2D eigenvalue weighted by molar-refractivity contribution is 5.66. The molecule has 0 aromatic heterocycles. The summed E-state index contributed by atoms with van der Waals surface area (Å²) in [6.45, 7) is 6.82. The number of hydrogen-bond donors (Lipinski definition) is 1. The summed E-state index contributed by atoms with van der Waals surface area (Å²) >= 11 is 0. The van der Waals surface area contributed by atoms with Gasteiger partial charge in [-0.2, -0.15) is 0 Å². The Kier molecular flexibility index (Phi) is 6.11. The molecule has 2 fully saturated rings. The van der Waals surface area contributed by atoms with Crippen LogP contribution in [-0.4, -0.2) is 60.1 Å². The lowest BCUT2D eigenvalue weighted by molar-refractivity contribution is -0.137. The van der Waals surface area contributed by atoms with Crippen molar-refractivity contribution >= 4 is 5.97 Å². The van der Waals surface area contributed by atoms with E-state index in [0.29, 0.717) is 6.42 Å². The number of piperazine rings is 1. The second-order valence-electron chi connectivity index (χ2n) is 6.14. The predicted molar refractivity (Wildman–Crippen MR) is 76.3 cm³/mol. The molecule has 0 atom stereocenters. The van der Waals surface area contributed by atoms with Gasteiger partial charge in [-0.15, -0.1) is 0 Å². The van der Waals surface area contributed by atoms with E-state index >= 15 is 0 Å². The van der Waals surface area contributed by atoms with E-state index in [-0.39, 0.29) is 0 Å². The summed E-state index contributed by atoms with van der Waals surface area (Å²) in [6.07, 6.45) is 8.26. The first kappa shape index (κ1) is 14.8. The first-order chi connectivity index (χ1) is 9.24. The van der Waals surface area contributed by atoms with Crippen LogP contribution in [0.5, 0.6) is 0 Å². The molecule has 2 aliphatic rings. The average molecular weight is 268 g/mol. The first-order valence-electron chi connectivity index (χ1n) is 7.90. The Morgan fingerprint density at radius 1 is 1.00 bits per heavy atom. The van der Waals surface area contributed by atoms with Crippen LogP contribution in [0.1, 0.15) is 44.9 Å². The highest BCUT2D eigenvalue weighted by Crippen LogP contribution is 2.24. The Hall–Kier alpha value is -0.610. The van der Waals surface area contributed by atoms with Crippen molar-refractivity contribution in [1.82, 2.24) is 9.80 Å². The van der Waals surface area contributed by atoms with E-state index in [1.165, 1.54) is 51.7 Å². The van der Waals surface area contributed by atoms with Crippen molar-refractivity contribution in [1.29, 1.82) is 0 Å². The lowest BCUT2D eigenvalue weighted by Crippen LogP contribution is -2.48. The van der Waals surface area contributed by atoms with Crippen LogP contribution in [0.25, 0.3) is 0 Å². The largest absolute Gasteiger partial charge is 0.481 e. The monoisotopic (exact) mass is 268 g/mol. The molecule has 2 rings (SSSR count). The number of nitrogens with zero attached hydrogens (tertiary/aromatic N) is 2. The third-order valence-electron chi connectivity index (χ3n) is 4.57. The summed E-state index contributed by atoms with van der Waals surface area (Å²) < 4.78 is 0. The molecule has 0 spiro atoms. The fourth-order valence-corrected chi connectivity index (χ4v) is 3.38. The van der Waals surface area contributed by atoms with Gasteiger partial charge in [0.1, 0.15) is 0 Å². The molecule has 0 unspecified atom stereocenters. The standard InChI is InChI=1S/C15H28N2O2/c18-15(19)7-4-8-16-9-11-17(12-10-16)13-14-5-2-1-3-6-14/h14H,1-13H2,(H,18,19). The number of hydrogen-bond acceptors (Lipinski definition) is 3. The predicted octanol–water partition coefficient (Wildman–Crippen LogP) is 2.05. The minimum atomic E-state index is -0.670. The van der Waals surface area contributed by atoms with E-state index in [0.717, 1.165) is 32.0 Å². The van der Waals surface area contributed by atoms with Crippen LogP contribution in [0.4, 0.5) is 0 Å². The number of aliphatic carboxylic acids is 1. The van der Waals surface area contributed by atoms with Crippen LogP contribution in [0.2, 0.25) is 0 Å². The Labute approximate surface area is 116 Å². The van der Waals surface area contributed by atoms with Crippen molar-refractivity contribution in [2.45, 2.75) is 44.9 Å². The molecule has 1 heterocycles. The van der Waals surface area contributed by atoms with Gasteiger partial charge in [0, 0.05) is 39.1 Å². The van der Waals surface area contributed by atoms with Crippen LogP contribution in [-0.2, 0) is 4.79 Å². The second-order valence-corrected chi connectivity index (χ2v) is 6.14. The van der Waals surface area contributed by atoms with Gasteiger partial charge < -0.3 is 14.9 Å². The van der Waals surface area contributed by atoms with Gasteiger partial charge >= 0.3 is 5.97 Å². The zero-order valence-electron chi connectivity index (χ0n) is 12.0. The maximum Gasteiger partial charge on any atom is 0.303 e. The molecule has 0 bridgehead atoms. The Morgan fingerprint density at radius 2 is 1.63 bits per heavy atom. The van der Waals surface area contributed by atoms with E-state index in [2.05, 4.69) is 9.80 Å². The lowest BCUT2D eigenvalue weighted by Gasteiger charge is -2.37. The summed E-state index contributed by atoms with van der Waals surface area (Å²) in [5.74, 6) is 0.267. The van der Waals surface area contributed by atoms with Crippen LogP contribution in [0, 0.1) is 5.92 Å². The molecule has 0 amide bonds. The molecule has 1 aliphatic heterocycles. The Morgan fingerprint density at radius 3 is 2.26 bits per heavy atom. The summed E-state index contributed by atoms with van der Waals surface area (Å²) in [4.78, 5) is 15.5. The van der Waals surface area contributed by atoms with Crippen molar-refractivity contribution in [3.8, 4) is 0 Å². The van der Waals surface area contributed by atoms with Crippen LogP contribution in [0.3, 0.4) is 0 Å². The molecule has 4 heteroatoms. The molecule has 0 aromatic rings. The number of carboxylic acid groups (broad SMARTS) is 1. The van der Waals surface area contributed by atoms with Gasteiger partial charge in [0.15, 0.2) is 0 Å². The van der Waals surface area contributed by atoms with Crippen LogP contribution < -0.4 is 0 Å². The maximum absolute atomic E-state index is 10.5. The molecule has 4 nitrogen and oxygen atoms in total. The summed E-state index contributed by atoms with van der Waals surface area (Å²) in [6, 6.07) is 0. The van der Waals surface area contributed by atoms with E-state index in [1.54, 1.807) is 0 Å². The Balaban J connectivity index is 1.58. The topological polar surface area (TPSA) is 43.8 Å². The van der Waals surface area contributed by atoms with Crippen LogP contribution in [0.15, 0.2) is 0 Å². The third-order valence-corrected chi connectivity index (χ3v) is 4.57. The van der Waals surface area contributed by atoms with Gasteiger partial charge in [-0.25, -0.2) is 0 Å². The van der Waals surface area contributed by atoms with Crippen molar-refractivity contribution in [3.05, 3.63) is 0 Å². The number of carbonyl (C=O) groups is 1. The smallest absolute Gasteiger partial charge is 0.303 e. The average Bonchev–Trinajstić information content (AvgIpc) is 2.42. The molecule has 0 radical (unpaired) electrons. The minimum absolute atomic E-state index is 0.308. The molecule has 1 N–H and O–H groups in total. The molecule has 1 saturated carbocycles. The molecule has 1 saturated heterocycles. The van der Waals surface area contributed by atoms with E-state index < -0.39 is 5.97 Å². The normalized spacial score (nSPS) is 23.6. The maximum atomic E-state index is 10.5. The number of carboxylic acids is 1. The van der Waals surface area contributed by atoms with Crippen molar-refractivity contribution in [2.24, 2.45) is 5.92 Å². The van der Waals surface area contributed by atoms with Gasteiger partial charge in [0.05, 0.1) is 0 Å². The van der Waals surface area contributed by atoms with Gasteiger partial charge in [-0.3, -0.25) is 4.79 Å². The SMILES string of the molecule is O=C(O)CCCN1CCN(CC2CCCCC2)CC1. The van der Waals surface area contributed by atoms with Gasteiger partial charge in [-0.1, -0.05) is 19.3 Å². The lowest BCUT2D eigenvalue weighted by atomic mass is 9.89. The van der Waals surface area contributed by atoms with Gasteiger partial charge in [0.2, 0.25) is 0 Å².